The van der Waals surface area contributed by atoms with Gasteiger partial charge in [-0.05, 0) is 43.5 Å². The molecule has 2 aromatic rings. The molecule has 1 fully saturated rings. The van der Waals surface area contributed by atoms with Gasteiger partial charge in [0.1, 0.15) is 18.1 Å². The largest absolute Gasteiger partial charge is 0.493 e. The lowest BCUT2D eigenvalue weighted by molar-refractivity contribution is 0.0682. The van der Waals surface area contributed by atoms with E-state index in [0.717, 1.165) is 25.9 Å². The van der Waals surface area contributed by atoms with Gasteiger partial charge in [0.2, 0.25) is 0 Å². The van der Waals surface area contributed by atoms with E-state index in [1.165, 1.54) is 0 Å². The molecule has 26 heavy (non-hydrogen) atoms. The predicted octanol–water partition coefficient (Wildman–Crippen LogP) is 4.29. The maximum Gasteiger partial charge on any atom is 0.259 e. The van der Waals surface area contributed by atoms with Gasteiger partial charge in [-0.25, -0.2) is 0 Å². The van der Waals surface area contributed by atoms with Crippen LogP contribution in [0.4, 0.5) is 5.69 Å². The fourth-order valence-corrected chi connectivity index (χ4v) is 2.84. The summed E-state index contributed by atoms with van der Waals surface area (Å²) in [5, 5.41) is 2.93. The van der Waals surface area contributed by atoms with E-state index in [9.17, 15) is 4.79 Å². The number of carbonyl (C=O) groups is 1. The number of benzene rings is 2. The number of ether oxygens (including phenoxy) is 3. The molecule has 3 rings (SSSR count). The van der Waals surface area contributed by atoms with E-state index in [1.54, 1.807) is 6.07 Å². The van der Waals surface area contributed by atoms with E-state index in [1.807, 2.05) is 49.4 Å². The standard InChI is InChI=1S/C21H25NO4/c1-2-13-25-19-11-5-3-9-17(19)21(23)22-18-10-4-6-12-20(18)26-15-16-8-7-14-24-16/h3-6,9-12,16H,2,7-8,13-15H2,1H3,(H,22,23). The fraction of sp³-hybridized carbons (Fsp3) is 0.381. The minimum Gasteiger partial charge on any atom is -0.493 e. The number of amides is 1. The highest BCUT2D eigenvalue weighted by atomic mass is 16.5. The van der Waals surface area contributed by atoms with Crippen molar-refractivity contribution in [2.75, 3.05) is 25.1 Å². The van der Waals surface area contributed by atoms with Crippen molar-refractivity contribution >= 4 is 11.6 Å². The van der Waals surface area contributed by atoms with Crippen molar-refractivity contribution in [3.63, 3.8) is 0 Å². The molecular weight excluding hydrogens is 330 g/mol. The molecule has 5 heteroatoms. The van der Waals surface area contributed by atoms with Crippen LogP contribution in [0.3, 0.4) is 0 Å². The zero-order valence-corrected chi connectivity index (χ0v) is 15.1. The average molecular weight is 355 g/mol. The van der Waals surface area contributed by atoms with Gasteiger partial charge < -0.3 is 19.5 Å². The Bertz CT molecular complexity index is 725. The molecule has 0 aliphatic carbocycles. The maximum absolute atomic E-state index is 12.7. The fourth-order valence-electron chi connectivity index (χ4n) is 2.84. The molecule has 1 atom stereocenters. The third-order valence-electron chi connectivity index (χ3n) is 4.18. The molecule has 1 heterocycles. The monoisotopic (exact) mass is 355 g/mol. The zero-order chi connectivity index (χ0) is 18.2. The molecule has 1 saturated heterocycles. The molecule has 0 bridgehead atoms. The minimum absolute atomic E-state index is 0.127. The van der Waals surface area contributed by atoms with E-state index >= 15 is 0 Å². The number of rotatable bonds is 8. The maximum atomic E-state index is 12.7. The van der Waals surface area contributed by atoms with Crippen molar-refractivity contribution in [3.05, 3.63) is 54.1 Å². The van der Waals surface area contributed by atoms with Crippen LogP contribution in [0.1, 0.15) is 36.5 Å². The van der Waals surface area contributed by atoms with Crippen molar-refractivity contribution < 1.29 is 19.0 Å². The van der Waals surface area contributed by atoms with Crippen molar-refractivity contribution in [1.29, 1.82) is 0 Å². The summed E-state index contributed by atoms with van der Waals surface area (Å²) in [6.07, 6.45) is 3.09. The molecule has 0 spiro atoms. The van der Waals surface area contributed by atoms with Gasteiger partial charge in [-0.3, -0.25) is 4.79 Å². The van der Waals surface area contributed by atoms with Crippen molar-refractivity contribution in [1.82, 2.24) is 0 Å². The molecule has 2 aromatic carbocycles. The Morgan fingerprint density at radius 3 is 2.65 bits per heavy atom. The summed E-state index contributed by atoms with van der Waals surface area (Å²) in [5.74, 6) is 1.01. The first-order chi connectivity index (χ1) is 12.8. The number of anilines is 1. The van der Waals surface area contributed by atoms with Crippen molar-refractivity contribution in [3.8, 4) is 11.5 Å². The summed E-state index contributed by atoms with van der Waals surface area (Å²) in [7, 11) is 0. The van der Waals surface area contributed by atoms with Crippen LogP contribution in [-0.2, 0) is 4.74 Å². The average Bonchev–Trinajstić information content (AvgIpc) is 3.19. The molecule has 5 nitrogen and oxygen atoms in total. The molecule has 0 aromatic heterocycles. The second-order valence-corrected chi connectivity index (χ2v) is 6.24. The Kier molecular flexibility index (Phi) is 6.50. The van der Waals surface area contributed by atoms with Crippen molar-refractivity contribution in [2.24, 2.45) is 0 Å². The lowest BCUT2D eigenvalue weighted by Crippen LogP contribution is -2.18. The van der Waals surface area contributed by atoms with E-state index in [-0.39, 0.29) is 12.0 Å². The summed E-state index contributed by atoms with van der Waals surface area (Å²) in [6.45, 7) is 3.89. The number of para-hydroxylation sites is 3. The van der Waals surface area contributed by atoms with E-state index < -0.39 is 0 Å². The number of nitrogens with one attached hydrogen (secondary N) is 1. The van der Waals surface area contributed by atoms with Gasteiger partial charge in [0.05, 0.1) is 24.0 Å². The van der Waals surface area contributed by atoms with Crippen LogP contribution in [0.5, 0.6) is 11.5 Å². The Morgan fingerprint density at radius 1 is 1.12 bits per heavy atom. The second-order valence-electron chi connectivity index (χ2n) is 6.24. The SMILES string of the molecule is CCCOc1ccccc1C(=O)Nc1ccccc1OCC1CCCO1. The molecule has 138 valence electrons. The Morgan fingerprint density at radius 2 is 1.88 bits per heavy atom. The summed E-state index contributed by atoms with van der Waals surface area (Å²) in [4.78, 5) is 12.7. The molecule has 1 amide bonds. The summed E-state index contributed by atoms with van der Waals surface area (Å²) >= 11 is 0. The normalized spacial score (nSPS) is 16.3. The summed E-state index contributed by atoms with van der Waals surface area (Å²) in [6, 6.07) is 14.7. The highest BCUT2D eigenvalue weighted by Crippen LogP contribution is 2.27. The molecule has 0 radical (unpaired) electrons. The zero-order valence-electron chi connectivity index (χ0n) is 15.1. The van der Waals surface area contributed by atoms with Gasteiger partial charge in [-0.1, -0.05) is 31.2 Å². The van der Waals surface area contributed by atoms with Gasteiger partial charge in [0.15, 0.2) is 0 Å². The molecule has 1 unspecified atom stereocenters. The van der Waals surface area contributed by atoms with Crippen LogP contribution in [0.2, 0.25) is 0 Å². The van der Waals surface area contributed by atoms with Crippen LogP contribution in [0.15, 0.2) is 48.5 Å². The van der Waals surface area contributed by atoms with Crippen LogP contribution in [0.25, 0.3) is 0 Å². The van der Waals surface area contributed by atoms with Gasteiger partial charge in [0, 0.05) is 6.61 Å². The highest BCUT2D eigenvalue weighted by molar-refractivity contribution is 6.06. The summed E-state index contributed by atoms with van der Waals surface area (Å²) < 4.78 is 17.2. The van der Waals surface area contributed by atoms with Crippen LogP contribution in [-0.4, -0.2) is 31.8 Å². The highest BCUT2D eigenvalue weighted by Gasteiger charge is 2.18. The van der Waals surface area contributed by atoms with Gasteiger partial charge in [-0.2, -0.15) is 0 Å². The first-order valence-electron chi connectivity index (χ1n) is 9.14. The molecule has 1 aliphatic rings. The lowest BCUT2D eigenvalue weighted by Gasteiger charge is -2.16. The van der Waals surface area contributed by atoms with Gasteiger partial charge >= 0.3 is 0 Å². The van der Waals surface area contributed by atoms with Crippen LogP contribution < -0.4 is 14.8 Å². The first kappa shape index (κ1) is 18.3. The second kappa shape index (κ2) is 9.25. The first-order valence-corrected chi connectivity index (χ1v) is 9.14. The number of hydrogen-bond donors (Lipinski definition) is 1. The Balaban J connectivity index is 1.69. The summed E-state index contributed by atoms with van der Waals surface area (Å²) in [5.41, 5.74) is 1.15. The molecule has 1 N–H and O–H groups in total. The number of hydrogen-bond acceptors (Lipinski definition) is 4. The van der Waals surface area contributed by atoms with E-state index in [0.29, 0.717) is 36.0 Å². The quantitative estimate of drug-likeness (QED) is 0.768. The number of carbonyl (C=O) groups excluding carboxylic acids is 1. The smallest absolute Gasteiger partial charge is 0.259 e. The van der Waals surface area contributed by atoms with Gasteiger partial charge in [-0.15, -0.1) is 0 Å². The van der Waals surface area contributed by atoms with Crippen molar-refractivity contribution in [2.45, 2.75) is 32.3 Å². The Hall–Kier alpha value is -2.53. The third kappa shape index (κ3) is 4.76. The third-order valence-corrected chi connectivity index (χ3v) is 4.18. The molecular formula is C21H25NO4. The molecule has 1 aliphatic heterocycles. The minimum atomic E-state index is -0.218. The predicted molar refractivity (Wildman–Crippen MR) is 101 cm³/mol. The van der Waals surface area contributed by atoms with Crippen LogP contribution >= 0.6 is 0 Å². The van der Waals surface area contributed by atoms with Crippen LogP contribution in [0, 0.1) is 0 Å². The van der Waals surface area contributed by atoms with E-state index in [2.05, 4.69) is 5.32 Å². The topological polar surface area (TPSA) is 56.8 Å². The lowest BCUT2D eigenvalue weighted by atomic mass is 10.1. The van der Waals surface area contributed by atoms with E-state index in [4.69, 9.17) is 14.2 Å². The van der Waals surface area contributed by atoms with Gasteiger partial charge in [0.25, 0.3) is 5.91 Å². The Labute approximate surface area is 154 Å². The molecule has 0 saturated carbocycles.